The fourth-order valence-electron chi connectivity index (χ4n) is 1.98. The maximum Gasteiger partial charge on any atom is 0.313 e. The quantitative estimate of drug-likeness (QED) is 0.827. The maximum absolute atomic E-state index is 10.7. The van der Waals surface area contributed by atoms with Crippen molar-refractivity contribution in [3.05, 3.63) is 24.3 Å². The Hall–Kier alpha value is -2.02. The van der Waals surface area contributed by atoms with Crippen LogP contribution in [0.5, 0.6) is 5.75 Å². The summed E-state index contributed by atoms with van der Waals surface area (Å²) in [6.45, 7) is 4.01. The zero-order valence-corrected chi connectivity index (χ0v) is 12.9. The van der Waals surface area contributed by atoms with E-state index >= 15 is 0 Å². The average Bonchev–Trinajstić information content (AvgIpc) is 2.88. The van der Waals surface area contributed by atoms with Gasteiger partial charge in [0.15, 0.2) is 11.0 Å². The fraction of sp³-hybridized carbons (Fsp3) is 0.357. The van der Waals surface area contributed by atoms with E-state index < -0.39 is 5.97 Å². The Kier molecular flexibility index (Phi) is 4.85. The predicted octanol–water partition coefficient (Wildman–Crippen LogP) is 2.71. The van der Waals surface area contributed by atoms with Crippen LogP contribution in [0, 0.1) is 0 Å². The summed E-state index contributed by atoms with van der Waals surface area (Å²) in [5.74, 6) is 0.464. The highest BCUT2D eigenvalue weighted by Gasteiger charge is 2.19. The van der Waals surface area contributed by atoms with Crippen LogP contribution in [0.3, 0.4) is 0 Å². The summed E-state index contributed by atoms with van der Waals surface area (Å²) in [5, 5.41) is 17.7. The van der Waals surface area contributed by atoms with Crippen LogP contribution in [-0.4, -0.2) is 38.7 Å². The molecule has 6 nitrogen and oxygen atoms in total. The molecule has 1 aromatic heterocycles. The third kappa shape index (κ3) is 3.36. The molecule has 2 aromatic rings. The lowest BCUT2D eigenvalue weighted by Crippen LogP contribution is -2.07. The van der Waals surface area contributed by atoms with Crippen LogP contribution >= 0.6 is 11.8 Å². The molecule has 0 atom stereocenters. The number of carboxylic acids is 1. The van der Waals surface area contributed by atoms with E-state index in [0.717, 1.165) is 17.3 Å². The van der Waals surface area contributed by atoms with Gasteiger partial charge in [0.1, 0.15) is 5.75 Å². The van der Waals surface area contributed by atoms with Crippen molar-refractivity contribution >= 4 is 17.7 Å². The minimum atomic E-state index is -0.878. The van der Waals surface area contributed by atoms with E-state index in [9.17, 15) is 4.79 Å². The summed E-state index contributed by atoms with van der Waals surface area (Å²) in [5.41, 5.74) is 0.836. The number of carbonyl (C=O) groups is 1. The largest absolute Gasteiger partial charge is 0.496 e. The van der Waals surface area contributed by atoms with Gasteiger partial charge in [0, 0.05) is 6.04 Å². The van der Waals surface area contributed by atoms with Gasteiger partial charge in [0.05, 0.1) is 18.4 Å². The second kappa shape index (κ2) is 6.62. The zero-order valence-electron chi connectivity index (χ0n) is 12.1. The molecule has 0 aliphatic rings. The van der Waals surface area contributed by atoms with Crippen molar-refractivity contribution in [2.75, 3.05) is 12.9 Å². The molecule has 0 radical (unpaired) electrons. The lowest BCUT2D eigenvalue weighted by Gasteiger charge is -2.14. The number of benzene rings is 1. The lowest BCUT2D eigenvalue weighted by molar-refractivity contribution is -0.133. The minimum Gasteiger partial charge on any atom is -0.496 e. The smallest absolute Gasteiger partial charge is 0.313 e. The van der Waals surface area contributed by atoms with Crippen LogP contribution in [0.4, 0.5) is 0 Å². The molecule has 0 unspecified atom stereocenters. The van der Waals surface area contributed by atoms with Gasteiger partial charge < -0.3 is 9.84 Å². The molecular formula is C14H17N3O3S. The van der Waals surface area contributed by atoms with E-state index in [1.165, 1.54) is 0 Å². The van der Waals surface area contributed by atoms with Gasteiger partial charge in [-0.3, -0.25) is 9.36 Å². The Morgan fingerprint density at radius 3 is 2.71 bits per heavy atom. The topological polar surface area (TPSA) is 77.2 Å². The highest BCUT2D eigenvalue weighted by Crippen LogP contribution is 2.32. The number of ether oxygens (including phenoxy) is 1. The number of para-hydroxylation sites is 1. The lowest BCUT2D eigenvalue weighted by atomic mass is 10.2. The van der Waals surface area contributed by atoms with Crippen molar-refractivity contribution in [1.82, 2.24) is 14.8 Å². The molecule has 0 saturated heterocycles. The number of methoxy groups -OCH3 is 1. The SMILES string of the molecule is COc1ccccc1-c1nnc(SCC(=O)O)n1C(C)C. The summed E-state index contributed by atoms with van der Waals surface area (Å²) >= 11 is 1.16. The molecule has 0 amide bonds. The standard InChI is InChI=1S/C14H17N3O3S/c1-9(2)17-13(10-6-4-5-7-11(10)20-3)15-16-14(17)21-8-12(18)19/h4-7,9H,8H2,1-3H3,(H,18,19). The number of hydrogen-bond donors (Lipinski definition) is 1. The maximum atomic E-state index is 10.7. The van der Waals surface area contributed by atoms with Gasteiger partial charge in [-0.15, -0.1) is 10.2 Å². The highest BCUT2D eigenvalue weighted by atomic mass is 32.2. The Bertz CT molecular complexity index is 640. The van der Waals surface area contributed by atoms with E-state index in [1.807, 2.05) is 42.7 Å². The van der Waals surface area contributed by atoms with Crippen molar-refractivity contribution in [2.24, 2.45) is 0 Å². The van der Waals surface area contributed by atoms with Gasteiger partial charge in [-0.25, -0.2) is 0 Å². The molecule has 0 bridgehead atoms. The third-order valence-electron chi connectivity index (χ3n) is 2.85. The Labute approximate surface area is 127 Å². The van der Waals surface area contributed by atoms with E-state index in [4.69, 9.17) is 9.84 Å². The molecule has 0 aliphatic carbocycles. The molecule has 21 heavy (non-hydrogen) atoms. The summed E-state index contributed by atoms with van der Waals surface area (Å²) in [6, 6.07) is 7.67. The second-order valence-corrected chi connectivity index (χ2v) is 5.60. The molecule has 0 aliphatic heterocycles. The molecule has 0 saturated carbocycles. The van der Waals surface area contributed by atoms with E-state index in [1.54, 1.807) is 7.11 Å². The molecule has 0 fully saturated rings. The summed E-state index contributed by atoms with van der Waals surface area (Å²) in [4.78, 5) is 10.7. The van der Waals surface area contributed by atoms with E-state index in [-0.39, 0.29) is 11.8 Å². The summed E-state index contributed by atoms with van der Waals surface area (Å²) < 4.78 is 7.28. The molecule has 2 rings (SSSR count). The van der Waals surface area contributed by atoms with E-state index in [2.05, 4.69) is 10.2 Å². The van der Waals surface area contributed by atoms with E-state index in [0.29, 0.717) is 16.7 Å². The zero-order chi connectivity index (χ0) is 15.4. The number of aromatic nitrogens is 3. The molecule has 7 heteroatoms. The third-order valence-corrected chi connectivity index (χ3v) is 3.78. The average molecular weight is 307 g/mol. The van der Waals surface area contributed by atoms with Gasteiger partial charge >= 0.3 is 5.97 Å². The van der Waals surface area contributed by atoms with Gasteiger partial charge in [0.2, 0.25) is 0 Å². The number of nitrogens with zero attached hydrogens (tertiary/aromatic N) is 3. The van der Waals surface area contributed by atoms with Crippen molar-refractivity contribution in [3.63, 3.8) is 0 Å². The molecule has 1 aromatic carbocycles. The molecule has 0 spiro atoms. The monoisotopic (exact) mass is 307 g/mol. The number of aliphatic carboxylic acids is 1. The van der Waals surface area contributed by atoms with Crippen molar-refractivity contribution < 1.29 is 14.6 Å². The number of thioether (sulfide) groups is 1. The van der Waals surface area contributed by atoms with Crippen molar-refractivity contribution in [2.45, 2.75) is 25.0 Å². The van der Waals surface area contributed by atoms with Gasteiger partial charge in [-0.2, -0.15) is 0 Å². The molecule has 112 valence electrons. The Morgan fingerprint density at radius 2 is 2.10 bits per heavy atom. The first-order valence-corrected chi connectivity index (χ1v) is 7.46. The second-order valence-electron chi connectivity index (χ2n) is 4.65. The van der Waals surface area contributed by atoms with Crippen molar-refractivity contribution in [3.8, 4) is 17.1 Å². The first-order valence-electron chi connectivity index (χ1n) is 6.47. The number of hydrogen-bond acceptors (Lipinski definition) is 5. The summed E-state index contributed by atoms with van der Waals surface area (Å²) in [6.07, 6.45) is 0. The Balaban J connectivity index is 2.46. The minimum absolute atomic E-state index is 0.0449. The summed E-state index contributed by atoms with van der Waals surface area (Å²) in [7, 11) is 1.61. The first-order chi connectivity index (χ1) is 10.0. The van der Waals surface area contributed by atoms with Gasteiger partial charge in [-0.1, -0.05) is 23.9 Å². The van der Waals surface area contributed by atoms with Crippen molar-refractivity contribution in [1.29, 1.82) is 0 Å². The normalized spacial score (nSPS) is 10.9. The van der Waals surface area contributed by atoms with Crippen LogP contribution in [0.25, 0.3) is 11.4 Å². The van der Waals surface area contributed by atoms with Crippen LogP contribution < -0.4 is 4.74 Å². The van der Waals surface area contributed by atoms with Crippen LogP contribution in [0.1, 0.15) is 19.9 Å². The Morgan fingerprint density at radius 1 is 1.38 bits per heavy atom. The fourth-order valence-corrected chi connectivity index (χ4v) is 2.77. The van der Waals surface area contributed by atoms with Gasteiger partial charge in [0.25, 0.3) is 0 Å². The molecule has 1 heterocycles. The van der Waals surface area contributed by atoms with Crippen LogP contribution in [0.15, 0.2) is 29.4 Å². The number of carboxylic acid groups (broad SMARTS) is 1. The predicted molar refractivity (Wildman–Crippen MR) is 80.8 cm³/mol. The molecular weight excluding hydrogens is 290 g/mol. The van der Waals surface area contributed by atoms with Crippen LogP contribution in [-0.2, 0) is 4.79 Å². The molecule has 1 N–H and O–H groups in total. The number of rotatable bonds is 6. The van der Waals surface area contributed by atoms with Gasteiger partial charge in [-0.05, 0) is 26.0 Å². The highest BCUT2D eigenvalue weighted by molar-refractivity contribution is 7.99. The first kappa shape index (κ1) is 15.4. The van der Waals surface area contributed by atoms with Crippen LogP contribution in [0.2, 0.25) is 0 Å².